The minimum absolute atomic E-state index is 0.00484. The predicted molar refractivity (Wildman–Crippen MR) is 67.9 cm³/mol. The SMILES string of the molecule is COc1n[nH]c(NS(=O)(=O)c2ccc(Br)cc2)n1. The van der Waals surface area contributed by atoms with Gasteiger partial charge in [-0.2, -0.15) is 4.98 Å². The van der Waals surface area contributed by atoms with Crippen LogP contribution in [-0.2, 0) is 10.0 Å². The molecular weight excluding hydrogens is 324 g/mol. The number of ether oxygens (including phenoxy) is 1. The molecule has 0 spiro atoms. The van der Waals surface area contributed by atoms with Crippen LogP contribution in [0.1, 0.15) is 0 Å². The summed E-state index contributed by atoms with van der Waals surface area (Å²) >= 11 is 3.23. The summed E-state index contributed by atoms with van der Waals surface area (Å²) in [6.07, 6.45) is 0. The summed E-state index contributed by atoms with van der Waals surface area (Å²) in [5.74, 6) is -0.00484. The normalized spacial score (nSPS) is 11.2. The van der Waals surface area contributed by atoms with Crippen molar-refractivity contribution in [3.8, 4) is 6.01 Å². The van der Waals surface area contributed by atoms with Gasteiger partial charge in [-0.25, -0.2) is 18.2 Å². The lowest BCUT2D eigenvalue weighted by Crippen LogP contribution is -2.13. The van der Waals surface area contributed by atoms with Crippen LogP contribution in [0.4, 0.5) is 5.95 Å². The zero-order valence-electron chi connectivity index (χ0n) is 9.21. The van der Waals surface area contributed by atoms with Gasteiger partial charge in [0.05, 0.1) is 12.0 Å². The van der Waals surface area contributed by atoms with Gasteiger partial charge in [0.2, 0.25) is 5.95 Å². The first-order chi connectivity index (χ1) is 8.51. The summed E-state index contributed by atoms with van der Waals surface area (Å²) in [5.41, 5.74) is 0. The van der Waals surface area contributed by atoms with E-state index in [4.69, 9.17) is 4.74 Å². The number of benzene rings is 1. The van der Waals surface area contributed by atoms with E-state index in [9.17, 15) is 8.42 Å². The molecule has 18 heavy (non-hydrogen) atoms. The number of hydrogen-bond acceptors (Lipinski definition) is 5. The highest BCUT2D eigenvalue weighted by Gasteiger charge is 2.16. The van der Waals surface area contributed by atoms with Crippen LogP contribution >= 0.6 is 15.9 Å². The number of H-pyrrole nitrogens is 1. The average molecular weight is 333 g/mol. The van der Waals surface area contributed by atoms with Crippen molar-refractivity contribution in [1.82, 2.24) is 15.2 Å². The second kappa shape index (κ2) is 4.94. The molecule has 0 saturated carbocycles. The van der Waals surface area contributed by atoms with E-state index in [2.05, 4.69) is 35.8 Å². The predicted octanol–water partition coefficient (Wildman–Crippen LogP) is 1.38. The number of nitrogens with one attached hydrogen (secondary N) is 2. The average Bonchev–Trinajstić information content (AvgIpc) is 2.76. The van der Waals surface area contributed by atoms with E-state index >= 15 is 0 Å². The molecule has 2 N–H and O–H groups in total. The number of rotatable bonds is 4. The van der Waals surface area contributed by atoms with Crippen molar-refractivity contribution in [2.75, 3.05) is 11.8 Å². The Morgan fingerprint density at radius 3 is 2.56 bits per heavy atom. The molecule has 9 heteroatoms. The standard InChI is InChI=1S/C9H9BrN4O3S/c1-17-9-11-8(12-13-9)14-18(15,16)7-4-2-6(10)3-5-7/h2-5H,1H3,(H2,11,12,13,14). The van der Waals surface area contributed by atoms with E-state index in [1.54, 1.807) is 12.1 Å². The molecule has 1 aromatic carbocycles. The van der Waals surface area contributed by atoms with Crippen molar-refractivity contribution in [3.63, 3.8) is 0 Å². The minimum atomic E-state index is -3.69. The summed E-state index contributed by atoms with van der Waals surface area (Å²) < 4.78 is 31.7. The van der Waals surface area contributed by atoms with Gasteiger partial charge >= 0.3 is 6.01 Å². The molecule has 0 aliphatic rings. The Kier molecular flexibility index (Phi) is 3.53. The third kappa shape index (κ3) is 2.79. The molecule has 1 heterocycles. The Labute approximate surface area is 112 Å². The number of methoxy groups -OCH3 is 1. The molecule has 0 aliphatic carbocycles. The van der Waals surface area contributed by atoms with Gasteiger partial charge in [0.25, 0.3) is 10.0 Å². The van der Waals surface area contributed by atoms with Crippen LogP contribution in [-0.4, -0.2) is 30.7 Å². The molecule has 96 valence electrons. The van der Waals surface area contributed by atoms with Gasteiger partial charge in [-0.15, -0.1) is 5.10 Å². The van der Waals surface area contributed by atoms with Crippen LogP contribution in [0.2, 0.25) is 0 Å². The van der Waals surface area contributed by atoms with Crippen molar-refractivity contribution in [2.45, 2.75) is 4.90 Å². The largest absolute Gasteiger partial charge is 0.466 e. The van der Waals surface area contributed by atoms with E-state index < -0.39 is 10.0 Å². The molecule has 1 aromatic heterocycles. The molecule has 7 nitrogen and oxygen atoms in total. The fraction of sp³-hybridized carbons (Fsp3) is 0.111. The van der Waals surface area contributed by atoms with Crippen LogP contribution in [0.3, 0.4) is 0 Å². The highest BCUT2D eigenvalue weighted by atomic mass is 79.9. The number of anilines is 1. The second-order valence-corrected chi connectivity index (χ2v) is 5.83. The topological polar surface area (TPSA) is 97.0 Å². The number of aromatic amines is 1. The lowest BCUT2D eigenvalue weighted by molar-refractivity contribution is 0.382. The van der Waals surface area contributed by atoms with Crippen molar-refractivity contribution in [3.05, 3.63) is 28.7 Å². The van der Waals surface area contributed by atoms with Gasteiger partial charge in [-0.3, -0.25) is 0 Å². The smallest absolute Gasteiger partial charge is 0.336 e. The number of sulfonamides is 1. The molecule has 0 aliphatic heterocycles. The van der Waals surface area contributed by atoms with Crippen molar-refractivity contribution < 1.29 is 13.2 Å². The molecule has 2 rings (SSSR count). The van der Waals surface area contributed by atoms with Crippen LogP contribution in [0.5, 0.6) is 6.01 Å². The Hall–Kier alpha value is -1.61. The van der Waals surface area contributed by atoms with E-state index in [0.717, 1.165) is 4.47 Å². The molecular formula is C9H9BrN4O3S. The molecule has 0 amide bonds. The zero-order valence-corrected chi connectivity index (χ0v) is 11.6. The quantitative estimate of drug-likeness (QED) is 0.881. The first-order valence-electron chi connectivity index (χ1n) is 4.76. The Morgan fingerprint density at radius 1 is 1.33 bits per heavy atom. The van der Waals surface area contributed by atoms with Crippen LogP contribution in [0, 0.1) is 0 Å². The molecule has 0 fully saturated rings. The first-order valence-corrected chi connectivity index (χ1v) is 7.03. The number of nitrogens with zero attached hydrogens (tertiary/aromatic N) is 2. The van der Waals surface area contributed by atoms with Crippen molar-refractivity contribution >= 4 is 31.9 Å². The second-order valence-electron chi connectivity index (χ2n) is 3.23. The monoisotopic (exact) mass is 332 g/mol. The summed E-state index contributed by atoms with van der Waals surface area (Å²) in [7, 11) is -2.30. The summed E-state index contributed by atoms with van der Waals surface area (Å²) in [6.45, 7) is 0. The fourth-order valence-electron chi connectivity index (χ4n) is 1.18. The van der Waals surface area contributed by atoms with E-state index in [0.29, 0.717) is 0 Å². The van der Waals surface area contributed by atoms with E-state index in [-0.39, 0.29) is 16.9 Å². The highest BCUT2D eigenvalue weighted by Crippen LogP contribution is 2.17. The van der Waals surface area contributed by atoms with Crippen LogP contribution in [0.25, 0.3) is 0 Å². The maximum Gasteiger partial charge on any atom is 0.336 e. The van der Waals surface area contributed by atoms with Gasteiger partial charge in [0.1, 0.15) is 0 Å². The molecule has 0 bridgehead atoms. The third-order valence-corrected chi connectivity index (χ3v) is 3.89. The van der Waals surface area contributed by atoms with Gasteiger partial charge in [0, 0.05) is 4.47 Å². The lowest BCUT2D eigenvalue weighted by atomic mass is 10.4. The van der Waals surface area contributed by atoms with Gasteiger partial charge < -0.3 is 4.74 Å². The Morgan fingerprint density at radius 2 is 2.00 bits per heavy atom. The van der Waals surface area contributed by atoms with Crippen molar-refractivity contribution in [1.29, 1.82) is 0 Å². The molecule has 0 saturated heterocycles. The summed E-state index contributed by atoms with van der Waals surface area (Å²) in [6, 6.07) is 6.27. The highest BCUT2D eigenvalue weighted by molar-refractivity contribution is 9.10. The maximum atomic E-state index is 12.0. The van der Waals surface area contributed by atoms with Crippen LogP contribution < -0.4 is 9.46 Å². The zero-order chi connectivity index (χ0) is 13.2. The maximum absolute atomic E-state index is 12.0. The minimum Gasteiger partial charge on any atom is -0.466 e. The summed E-state index contributed by atoms with van der Waals surface area (Å²) in [4.78, 5) is 3.89. The van der Waals surface area contributed by atoms with Crippen molar-refractivity contribution in [2.24, 2.45) is 0 Å². The van der Waals surface area contributed by atoms with Gasteiger partial charge in [0.15, 0.2) is 0 Å². The fourth-order valence-corrected chi connectivity index (χ4v) is 2.41. The Balaban J connectivity index is 2.24. The molecule has 0 unspecified atom stereocenters. The third-order valence-electron chi connectivity index (χ3n) is 2.00. The molecule has 0 atom stereocenters. The lowest BCUT2D eigenvalue weighted by Gasteiger charge is -2.04. The van der Waals surface area contributed by atoms with E-state index in [1.165, 1.54) is 19.2 Å². The van der Waals surface area contributed by atoms with Crippen LogP contribution in [0.15, 0.2) is 33.6 Å². The van der Waals surface area contributed by atoms with Gasteiger partial charge in [-0.05, 0) is 24.3 Å². The molecule has 0 radical (unpaired) electrons. The Bertz CT molecular complexity index is 638. The van der Waals surface area contributed by atoms with E-state index in [1.807, 2.05) is 0 Å². The first kappa shape index (κ1) is 12.8. The number of hydrogen-bond donors (Lipinski definition) is 2. The molecule has 2 aromatic rings. The number of halogens is 1. The number of aromatic nitrogens is 3. The summed E-state index contributed by atoms with van der Waals surface area (Å²) in [5, 5.41) is 6.04. The van der Waals surface area contributed by atoms with Gasteiger partial charge in [-0.1, -0.05) is 15.9 Å².